The summed E-state index contributed by atoms with van der Waals surface area (Å²) >= 11 is 6.03. The van der Waals surface area contributed by atoms with E-state index >= 15 is 0 Å². The minimum Gasteiger partial charge on any atom is -0.385 e. The van der Waals surface area contributed by atoms with Gasteiger partial charge in [-0.3, -0.25) is 0 Å². The standard InChI is InChI=1S/C24H30ClNO/c1-26(2)18-22-10-6-9-21(17-20-11-13-23(25)14-12-20)24(22,27)16-15-19-7-4-3-5-8-19/h3-5,7-8,11-14,17,22,27H,6,9-10,15-16,18H2,1-2H3/b21-17-. The number of halogens is 1. The predicted molar refractivity (Wildman–Crippen MR) is 115 cm³/mol. The lowest BCUT2D eigenvalue weighted by atomic mass is 9.68. The van der Waals surface area contributed by atoms with Crippen molar-refractivity contribution >= 4 is 17.7 Å². The first-order valence-electron chi connectivity index (χ1n) is 9.85. The summed E-state index contributed by atoms with van der Waals surface area (Å²) in [4.78, 5) is 2.20. The third kappa shape index (κ3) is 5.22. The van der Waals surface area contributed by atoms with E-state index in [1.165, 1.54) is 11.1 Å². The number of aliphatic hydroxyl groups is 1. The Morgan fingerprint density at radius 2 is 1.81 bits per heavy atom. The Morgan fingerprint density at radius 3 is 2.48 bits per heavy atom. The van der Waals surface area contributed by atoms with Crippen LogP contribution in [0.25, 0.3) is 6.08 Å². The van der Waals surface area contributed by atoms with Gasteiger partial charge in [0.1, 0.15) is 0 Å². The second kappa shape index (κ2) is 9.05. The first-order valence-corrected chi connectivity index (χ1v) is 10.2. The molecule has 1 aliphatic carbocycles. The maximum atomic E-state index is 11.9. The molecule has 2 aromatic carbocycles. The molecule has 0 aromatic heterocycles. The van der Waals surface area contributed by atoms with Crippen molar-refractivity contribution in [3.8, 4) is 0 Å². The molecule has 0 spiro atoms. The Hall–Kier alpha value is -1.61. The van der Waals surface area contributed by atoms with E-state index in [9.17, 15) is 5.11 Å². The van der Waals surface area contributed by atoms with Crippen molar-refractivity contribution in [1.82, 2.24) is 4.90 Å². The van der Waals surface area contributed by atoms with E-state index in [-0.39, 0.29) is 5.92 Å². The summed E-state index contributed by atoms with van der Waals surface area (Å²) in [7, 11) is 4.18. The van der Waals surface area contributed by atoms with E-state index < -0.39 is 5.60 Å². The summed E-state index contributed by atoms with van der Waals surface area (Å²) in [6.07, 6.45) is 6.99. The summed E-state index contributed by atoms with van der Waals surface area (Å²) in [5.41, 5.74) is 2.79. The van der Waals surface area contributed by atoms with Gasteiger partial charge >= 0.3 is 0 Å². The molecule has 0 bridgehead atoms. The second-order valence-corrected chi connectivity index (χ2v) is 8.42. The minimum absolute atomic E-state index is 0.253. The van der Waals surface area contributed by atoms with E-state index in [1.54, 1.807) is 0 Å². The van der Waals surface area contributed by atoms with Crippen LogP contribution in [0.5, 0.6) is 0 Å². The van der Waals surface area contributed by atoms with Crippen molar-refractivity contribution in [3.63, 3.8) is 0 Å². The topological polar surface area (TPSA) is 23.5 Å². The van der Waals surface area contributed by atoms with Gasteiger partial charge < -0.3 is 10.0 Å². The van der Waals surface area contributed by atoms with Gasteiger partial charge in [0.2, 0.25) is 0 Å². The van der Waals surface area contributed by atoms with Crippen molar-refractivity contribution in [2.45, 2.75) is 37.7 Å². The predicted octanol–water partition coefficient (Wildman–Crippen LogP) is 5.45. The highest BCUT2D eigenvalue weighted by Gasteiger charge is 2.42. The fourth-order valence-electron chi connectivity index (χ4n) is 4.24. The van der Waals surface area contributed by atoms with Gasteiger partial charge in [0.05, 0.1) is 5.60 Å². The van der Waals surface area contributed by atoms with Crippen LogP contribution in [-0.2, 0) is 6.42 Å². The van der Waals surface area contributed by atoms with Crippen molar-refractivity contribution in [1.29, 1.82) is 0 Å². The number of aryl methyl sites for hydroxylation is 1. The van der Waals surface area contributed by atoms with Gasteiger partial charge in [0, 0.05) is 17.5 Å². The molecule has 0 saturated heterocycles. The Bertz CT molecular complexity index is 754. The lowest BCUT2D eigenvalue weighted by Crippen LogP contribution is -2.47. The molecule has 3 rings (SSSR count). The molecule has 1 fully saturated rings. The third-order valence-electron chi connectivity index (χ3n) is 5.66. The molecular weight excluding hydrogens is 354 g/mol. The maximum Gasteiger partial charge on any atom is 0.0903 e. The summed E-state index contributed by atoms with van der Waals surface area (Å²) in [6, 6.07) is 18.4. The lowest BCUT2D eigenvalue weighted by Gasteiger charge is -2.43. The molecule has 1 N–H and O–H groups in total. The van der Waals surface area contributed by atoms with Crippen molar-refractivity contribution in [3.05, 3.63) is 76.3 Å². The van der Waals surface area contributed by atoms with Gasteiger partial charge in [-0.25, -0.2) is 0 Å². The number of hydrogen-bond acceptors (Lipinski definition) is 2. The fraction of sp³-hybridized carbons (Fsp3) is 0.417. The van der Waals surface area contributed by atoms with E-state index in [1.807, 2.05) is 30.3 Å². The highest BCUT2D eigenvalue weighted by Crippen LogP contribution is 2.42. The number of hydrogen-bond donors (Lipinski definition) is 1. The smallest absolute Gasteiger partial charge is 0.0903 e. The van der Waals surface area contributed by atoms with Gasteiger partial charge in [-0.05, 0) is 75.0 Å². The first kappa shape index (κ1) is 20.1. The van der Waals surface area contributed by atoms with Gasteiger partial charge in [-0.15, -0.1) is 0 Å². The number of benzene rings is 2. The molecule has 2 atom stereocenters. The number of nitrogens with zero attached hydrogens (tertiary/aromatic N) is 1. The molecule has 0 heterocycles. The Morgan fingerprint density at radius 1 is 1.11 bits per heavy atom. The normalized spacial score (nSPS) is 24.5. The minimum atomic E-state index is -0.766. The Labute approximate surface area is 168 Å². The molecule has 2 unspecified atom stereocenters. The summed E-state index contributed by atoms with van der Waals surface area (Å²) in [6.45, 7) is 0.906. The molecule has 0 amide bonds. The van der Waals surface area contributed by atoms with Crippen LogP contribution in [0.1, 0.15) is 36.8 Å². The van der Waals surface area contributed by atoms with Gasteiger partial charge in [0.15, 0.2) is 0 Å². The highest BCUT2D eigenvalue weighted by atomic mass is 35.5. The Kier molecular flexibility index (Phi) is 6.75. The van der Waals surface area contributed by atoms with E-state index in [4.69, 9.17) is 11.6 Å². The summed E-state index contributed by atoms with van der Waals surface area (Å²) in [5, 5.41) is 12.6. The van der Waals surface area contributed by atoms with Crippen LogP contribution in [0.15, 0.2) is 60.2 Å². The average molecular weight is 384 g/mol. The Balaban J connectivity index is 1.89. The van der Waals surface area contributed by atoms with Gasteiger partial charge in [-0.1, -0.05) is 60.1 Å². The van der Waals surface area contributed by atoms with E-state index in [2.05, 4.69) is 49.3 Å². The van der Waals surface area contributed by atoms with E-state index in [0.29, 0.717) is 0 Å². The van der Waals surface area contributed by atoms with Crippen LogP contribution in [0.3, 0.4) is 0 Å². The molecule has 1 saturated carbocycles. The van der Waals surface area contributed by atoms with E-state index in [0.717, 1.165) is 49.2 Å². The van der Waals surface area contributed by atoms with Crippen molar-refractivity contribution in [2.24, 2.45) is 5.92 Å². The molecule has 0 radical (unpaired) electrons. The molecule has 2 nitrogen and oxygen atoms in total. The molecule has 3 heteroatoms. The fourth-order valence-corrected chi connectivity index (χ4v) is 4.37. The lowest BCUT2D eigenvalue weighted by molar-refractivity contribution is -0.0192. The zero-order chi connectivity index (χ0) is 19.3. The third-order valence-corrected chi connectivity index (χ3v) is 5.92. The average Bonchev–Trinajstić information content (AvgIpc) is 2.66. The van der Waals surface area contributed by atoms with Crippen LogP contribution < -0.4 is 0 Å². The van der Waals surface area contributed by atoms with Gasteiger partial charge in [0.25, 0.3) is 0 Å². The molecule has 0 aliphatic heterocycles. The van der Waals surface area contributed by atoms with Crippen LogP contribution in [0, 0.1) is 5.92 Å². The quantitative estimate of drug-likeness (QED) is 0.717. The van der Waals surface area contributed by atoms with Crippen LogP contribution in [0.4, 0.5) is 0 Å². The highest BCUT2D eigenvalue weighted by molar-refractivity contribution is 6.30. The molecule has 27 heavy (non-hydrogen) atoms. The summed E-state index contributed by atoms with van der Waals surface area (Å²) < 4.78 is 0. The zero-order valence-electron chi connectivity index (χ0n) is 16.4. The summed E-state index contributed by atoms with van der Waals surface area (Å²) in [5.74, 6) is 0.253. The van der Waals surface area contributed by atoms with Crippen LogP contribution in [-0.4, -0.2) is 36.2 Å². The monoisotopic (exact) mass is 383 g/mol. The van der Waals surface area contributed by atoms with Crippen LogP contribution >= 0.6 is 11.6 Å². The SMILES string of the molecule is CN(C)CC1CCC/C(=C/c2ccc(Cl)cc2)C1(O)CCc1ccccc1. The van der Waals surface area contributed by atoms with Crippen molar-refractivity contribution in [2.75, 3.05) is 20.6 Å². The number of rotatable bonds is 6. The van der Waals surface area contributed by atoms with Crippen molar-refractivity contribution < 1.29 is 5.11 Å². The first-order chi connectivity index (χ1) is 13.0. The maximum absolute atomic E-state index is 11.9. The van der Waals surface area contributed by atoms with Crippen LogP contribution in [0.2, 0.25) is 5.02 Å². The zero-order valence-corrected chi connectivity index (χ0v) is 17.1. The van der Waals surface area contributed by atoms with Gasteiger partial charge in [-0.2, -0.15) is 0 Å². The second-order valence-electron chi connectivity index (χ2n) is 7.98. The largest absolute Gasteiger partial charge is 0.385 e. The molecule has 144 valence electrons. The molecule has 1 aliphatic rings. The molecule has 2 aromatic rings. The molecular formula is C24H30ClNO.